The minimum absolute atomic E-state index is 0.160. The van der Waals surface area contributed by atoms with E-state index >= 15 is 0 Å². The summed E-state index contributed by atoms with van der Waals surface area (Å²) in [6, 6.07) is 0. The zero-order chi connectivity index (χ0) is 14.1. The Labute approximate surface area is 103 Å². The third-order valence-corrected chi connectivity index (χ3v) is 10.8. The minimum Gasteiger partial charge on any atom is -0.228 e. The Morgan fingerprint density at radius 1 is 0.706 bits per heavy atom. The average Bonchev–Trinajstić information content (AvgIpc) is 1.98. The van der Waals surface area contributed by atoms with Gasteiger partial charge < -0.3 is 0 Å². The fourth-order valence-corrected chi connectivity index (χ4v) is 9.12. The summed E-state index contributed by atoms with van der Waals surface area (Å²) in [6.45, 7) is 2.80. The monoisotopic (exact) mass is 306 g/mol. The van der Waals surface area contributed by atoms with Crippen molar-refractivity contribution >= 4 is 29.5 Å². The molecule has 0 aliphatic heterocycles. The van der Waals surface area contributed by atoms with Crippen molar-refractivity contribution in [3.63, 3.8) is 0 Å². The topological polar surface area (TPSA) is 102 Å². The Kier molecular flexibility index (Phi) is 5.18. The highest BCUT2D eigenvalue weighted by atomic mass is 32.3. The largest absolute Gasteiger partial charge is 0.228 e. The second-order valence-corrected chi connectivity index (χ2v) is 11.3. The fraction of sp³-hybridized carbons (Fsp3) is 1.00. The van der Waals surface area contributed by atoms with Gasteiger partial charge in [0, 0.05) is 12.5 Å². The fourth-order valence-electron chi connectivity index (χ4n) is 1.73. The van der Waals surface area contributed by atoms with Gasteiger partial charge in [-0.1, -0.05) is 13.8 Å². The maximum Gasteiger partial charge on any atom is 0.184 e. The van der Waals surface area contributed by atoms with Crippen molar-refractivity contribution in [3.05, 3.63) is 0 Å². The molecule has 0 rings (SSSR count). The first-order chi connectivity index (χ1) is 7.39. The quantitative estimate of drug-likeness (QED) is 0.682. The zero-order valence-electron chi connectivity index (χ0n) is 10.2. The second-order valence-electron chi connectivity index (χ2n) is 3.92. The van der Waals surface area contributed by atoms with Crippen LogP contribution >= 0.6 is 0 Å². The van der Waals surface area contributed by atoms with Gasteiger partial charge in [0.25, 0.3) is 0 Å². The summed E-state index contributed by atoms with van der Waals surface area (Å²) >= 11 is 0. The van der Waals surface area contributed by atoms with Gasteiger partial charge in [0.15, 0.2) is 38.7 Å². The van der Waals surface area contributed by atoms with Gasteiger partial charge in [-0.05, 0) is 12.8 Å². The number of sulfone groups is 3. The lowest BCUT2D eigenvalue weighted by atomic mass is 10.6. The predicted octanol–water partition coefficient (Wildman–Crippen LogP) is -0.0374. The maximum atomic E-state index is 12.0. The molecule has 2 unspecified atom stereocenters. The molecular weight excluding hydrogens is 288 g/mol. The lowest BCUT2D eigenvalue weighted by Gasteiger charge is -2.20. The Morgan fingerprint density at radius 3 is 1.06 bits per heavy atom. The number of rotatable bonds is 6. The van der Waals surface area contributed by atoms with E-state index in [2.05, 4.69) is 0 Å². The van der Waals surface area contributed by atoms with Gasteiger partial charge in [0.2, 0.25) is 0 Å². The van der Waals surface area contributed by atoms with E-state index in [9.17, 15) is 25.3 Å². The Hall–Kier alpha value is -0.150. The molecule has 0 fully saturated rings. The van der Waals surface area contributed by atoms with Crippen LogP contribution < -0.4 is 0 Å². The lowest BCUT2D eigenvalue weighted by Crippen LogP contribution is -2.40. The lowest BCUT2D eigenvalue weighted by molar-refractivity contribution is 0.564. The summed E-state index contributed by atoms with van der Waals surface area (Å²) in [5.74, 6) is 0. The average molecular weight is 306 g/mol. The maximum absolute atomic E-state index is 12.0. The van der Waals surface area contributed by atoms with Gasteiger partial charge in [0.1, 0.15) is 0 Å². The molecule has 9 heteroatoms. The Balaban J connectivity index is 5.86. The third-order valence-electron chi connectivity index (χ3n) is 2.35. The molecule has 0 bridgehead atoms. The summed E-state index contributed by atoms with van der Waals surface area (Å²) in [4.78, 5) is 0. The molecule has 0 saturated heterocycles. The first-order valence-corrected chi connectivity index (χ1v) is 10.5. The summed E-state index contributed by atoms with van der Waals surface area (Å²) in [6.07, 6.45) is 1.28. The highest BCUT2D eigenvalue weighted by Gasteiger charge is 2.43. The van der Waals surface area contributed by atoms with Crippen LogP contribution in [-0.4, -0.2) is 46.9 Å². The molecule has 0 radical (unpaired) electrons. The first kappa shape index (κ1) is 16.9. The van der Waals surface area contributed by atoms with Gasteiger partial charge in [-0.3, -0.25) is 0 Å². The molecule has 0 saturated carbocycles. The van der Waals surface area contributed by atoms with Crippen molar-refractivity contribution in [3.8, 4) is 0 Å². The van der Waals surface area contributed by atoms with Crippen LogP contribution in [0.25, 0.3) is 0 Å². The minimum atomic E-state index is -4.25. The molecule has 17 heavy (non-hydrogen) atoms. The third kappa shape index (κ3) is 3.92. The molecule has 0 aliphatic carbocycles. The molecule has 0 N–H and O–H groups in total. The smallest absolute Gasteiger partial charge is 0.184 e. The molecule has 0 aromatic carbocycles. The van der Waals surface area contributed by atoms with Gasteiger partial charge in [-0.25, -0.2) is 25.3 Å². The normalized spacial score (nSPS) is 17.6. The van der Waals surface area contributed by atoms with Crippen LogP contribution in [0.5, 0.6) is 0 Å². The molecular formula is C8H18O6S3. The molecule has 0 spiro atoms. The molecule has 0 amide bonds. The summed E-state index contributed by atoms with van der Waals surface area (Å²) < 4.78 is 66.3. The molecule has 0 heterocycles. The van der Waals surface area contributed by atoms with E-state index in [4.69, 9.17) is 0 Å². The second kappa shape index (κ2) is 5.23. The van der Waals surface area contributed by atoms with Crippen LogP contribution in [0.4, 0.5) is 0 Å². The Morgan fingerprint density at radius 2 is 0.941 bits per heavy atom. The number of hydrogen-bond donors (Lipinski definition) is 0. The molecule has 6 nitrogen and oxygen atoms in total. The van der Waals surface area contributed by atoms with Crippen molar-refractivity contribution < 1.29 is 25.3 Å². The van der Waals surface area contributed by atoms with Gasteiger partial charge in [-0.15, -0.1) is 0 Å². The highest BCUT2D eigenvalue weighted by Crippen LogP contribution is 2.23. The zero-order valence-corrected chi connectivity index (χ0v) is 12.7. The predicted molar refractivity (Wildman–Crippen MR) is 66.8 cm³/mol. The standard InChI is InChI=1S/C8H18O6S3/c1-5-7(15(3,9)10)17(13,14)8(6-2)16(4,11)12/h7-8H,5-6H2,1-4H3. The van der Waals surface area contributed by atoms with Crippen molar-refractivity contribution in [2.24, 2.45) is 0 Å². The van der Waals surface area contributed by atoms with E-state index in [0.717, 1.165) is 12.5 Å². The molecule has 2 atom stereocenters. The van der Waals surface area contributed by atoms with E-state index in [1.807, 2.05) is 0 Å². The van der Waals surface area contributed by atoms with Crippen molar-refractivity contribution in [2.75, 3.05) is 12.5 Å². The van der Waals surface area contributed by atoms with Gasteiger partial charge >= 0.3 is 0 Å². The first-order valence-electron chi connectivity index (χ1n) is 4.99. The molecule has 0 aliphatic rings. The van der Waals surface area contributed by atoms with Crippen LogP contribution in [0.3, 0.4) is 0 Å². The van der Waals surface area contributed by atoms with Crippen molar-refractivity contribution in [1.29, 1.82) is 0 Å². The van der Waals surface area contributed by atoms with E-state index in [-0.39, 0.29) is 12.8 Å². The molecule has 0 aromatic heterocycles. The highest BCUT2D eigenvalue weighted by molar-refractivity contribution is 8.15. The van der Waals surface area contributed by atoms with Crippen LogP contribution in [-0.2, 0) is 29.5 Å². The van der Waals surface area contributed by atoms with Gasteiger partial charge in [0.05, 0.1) is 0 Å². The van der Waals surface area contributed by atoms with Gasteiger partial charge in [-0.2, -0.15) is 0 Å². The summed E-state index contributed by atoms with van der Waals surface area (Å²) in [5, 5.41) is 0. The van der Waals surface area contributed by atoms with E-state index in [0.29, 0.717) is 0 Å². The van der Waals surface area contributed by atoms with Crippen molar-refractivity contribution in [2.45, 2.75) is 35.9 Å². The van der Waals surface area contributed by atoms with Crippen LogP contribution in [0.1, 0.15) is 26.7 Å². The SMILES string of the molecule is CCC(S(C)(=O)=O)S(=O)(=O)C(CC)S(C)(=O)=O. The van der Waals surface area contributed by atoms with E-state index in [1.165, 1.54) is 13.8 Å². The summed E-state index contributed by atoms with van der Waals surface area (Å²) in [7, 11) is -11.9. The van der Waals surface area contributed by atoms with Crippen LogP contribution in [0, 0.1) is 0 Å². The number of hydrogen-bond acceptors (Lipinski definition) is 6. The molecule has 0 aromatic rings. The molecule has 104 valence electrons. The summed E-state index contributed by atoms with van der Waals surface area (Å²) in [5.41, 5.74) is 0. The van der Waals surface area contributed by atoms with E-state index in [1.54, 1.807) is 0 Å². The van der Waals surface area contributed by atoms with Crippen molar-refractivity contribution in [1.82, 2.24) is 0 Å². The Bertz CT molecular complexity index is 508. The van der Waals surface area contributed by atoms with Crippen LogP contribution in [0.15, 0.2) is 0 Å². The van der Waals surface area contributed by atoms with E-state index < -0.39 is 38.7 Å². The van der Waals surface area contributed by atoms with Crippen LogP contribution in [0.2, 0.25) is 0 Å².